The smallest absolute Gasteiger partial charge is 0.279 e. The molecule has 1 unspecified atom stereocenters. The molecular weight excluding hydrogens is 370 g/mol. The molecule has 3 aromatic rings. The van der Waals surface area contributed by atoms with Gasteiger partial charge in [-0.2, -0.15) is 5.10 Å². The number of aryl methyl sites for hydroxylation is 1. The molecule has 3 rings (SSSR count). The Morgan fingerprint density at radius 2 is 1.79 bits per heavy atom. The fourth-order valence-corrected chi connectivity index (χ4v) is 3.26. The lowest BCUT2D eigenvalue weighted by Gasteiger charge is -2.14. The van der Waals surface area contributed by atoms with Crippen molar-refractivity contribution >= 4 is 17.3 Å². The summed E-state index contributed by atoms with van der Waals surface area (Å²) in [4.78, 5) is 23.6. The van der Waals surface area contributed by atoms with E-state index >= 15 is 0 Å². The lowest BCUT2D eigenvalue weighted by Crippen LogP contribution is -3.08. The number of nitrogens with one attached hydrogen (secondary N) is 2. The number of quaternary nitrogens is 1. The summed E-state index contributed by atoms with van der Waals surface area (Å²) in [5, 5.41) is 18.1. The predicted molar refractivity (Wildman–Crippen MR) is 110 cm³/mol. The van der Waals surface area contributed by atoms with Gasteiger partial charge in [-0.3, -0.25) is 14.9 Å². The van der Waals surface area contributed by atoms with Crippen LogP contribution in [-0.4, -0.2) is 34.2 Å². The number of aromatic nitrogens is 2. The van der Waals surface area contributed by atoms with Crippen molar-refractivity contribution in [3.8, 4) is 5.69 Å². The fraction of sp³-hybridized carbons (Fsp3) is 0.238. The number of rotatable bonds is 7. The van der Waals surface area contributed by atoms with Crippen molar-refractivity contribution in [3.63, 3.8) is 0 Å². The van der Waals surface area contributed by atoms with E-state index in [1.807, 2.05) is 55.9 Å². The van der Waals surface area contributed by atoms with Crippen LogP contribution in [0.1, 0.15) is 17.0 Å². The third-order valence-corrected chi connectivity index (χ3v) is 4.74. The molecule has 0 fully saturated rings. The first-order valence-corrected chi connectivity index (χ1v) is 9.31. The van der Waals surface area contributed by atoms with Gasteiger partial charge in [-0.15, -0.1) is 0 Å². The Bertz CT molecular complexity index is 1010. The molecule has 150 valence electrons. The highest BCUT2D eigenvalue weighted by molar-refractivity contribution is 5.91. The normalized spacial score (nSPS) is 11.8. The van der Waals surface area contributed by atoms with Crippen molar-refractivity contribution in [2.75, 3.05) is 18.9 Å². The number of benzene rings is 2. The minimum absolute atomic E-state index is 0.00730. The molecule has 1 aromatic heterocycles. The van der Waals surface area contributed by atoms with E-state index in [0.29, 0.717) is 12.2 Å². The average molecular weight is 394 g/mol. The number of nitrogens with zero attached hydrogens (tertiary/aromatic N) is 3. The van der Waals surface area contributed by atoms with Gasteiger partial charge in [0.15, 0.2) is 6.54 Å². The van der Waals surface area contributed by atoms with Gasteiger partial charge in [0, 0.05) is 17.8 Å². The summed E-state index contributed by atoms with van der Waals surface area (Å²) in [6, 6.07) is 15.8. The maximum absolute atomic E-state index is 12.3. The molecule has 0 saturated carbocycles. The number of nitro benzene ring substituents is 1. The topological polar surface area (TPSA) is 94.5 Å². The SMILES string of the molecule is Cc1nn(-c2ccccc2)c(C)c1C[NH+](C)CC(=O)Nc1ccc([N+](=O)[O-])cc1. The number of non-ortho nitro benzene ring substituents is 1. The van der Waals surface area contributed by atoms with E-state index in [2.05, 4.69) is 10.4 Å². The molecule has 0 bridgehead atoms. The molecule has 0 spiro atoms. The van der Waals surface area contributed by atoms with E-state index in [1.54, 1.807) is 0 Å². The fourth-order valence-electron chi connectivity index (χ4n) is 3.26. The molecule has 0 radical (unpaired) electrons. The summed E-state index contributed by atoms with van der Waals surface area (Å²) in [5.74, 6) is -0.151. The molecular formula is C21H24N5O3+. The zero-order chi connectivity index (χ0) is 21.0. The first kappa shape index (κ1) is 20.2. The molecule has 1 heterocycles. The Hall–Kier alpha value is -3.52. The lowest BCUT2D eigenvalue weighted by atomic mass is 10.2. The van der Waals surface area contributed by atoms with Gasteiger partial charge < -0.3 is 10.2 Å². The summed E-state index contributed by atoms with van der Waals surface area (Å²) >= 11 is 0. The molecule has 0 aliphatic carbocycles. The Kier molecular flexibility index (Phi) is 6.04. The minimum atomic E-state index is -0.468. The standard InChI is InChI=1S/C21H23N5O3/c1-15-20(16(2)25(23-15)18-7-5-4-6-8-18)13-24(3)14-21(27)22-17-9-11-19(12-10-17)26(28)29/h4-12H,13-14H2,1-3H3,(H,22,27)/p+1. The van der Waals surface area contributed by atoms with Crippen molar-refractivity contribution in [3.05, 3.63) is 81.7 Å². The third kappa shape index (κ3) is 4.85. The summed E-state index contributed by atoms with van der Waals surface area (Å²) < 4.78 is 1.93. The number of carbonyl (C=O) groups is 1. The Morgan fingerprint density at radius 1 is 1.14 bits per heavy atom. The Balaban J connectivity index is 1.63. The molecule has 1 amide bonds. The van der Waals surface area contributed by atoms with Gasteiger partial charge in [-0.05, 0) is 38.1 Å². The quantitative estimate of drug-likeness (QED) is 0.474. The van der Waals surface area contributed by atoms with Gasteiger partial charge in [0.1, 0.15) is 6.54 Å². The summed E-state index contributed by atoms with van der Waals surface area (Å²) in [7, 11) is 1.95. The minimum Gasteiger partial charge on any atom is -0.326 e. The number of anilines is 1. The Morgan fingerprint density at radius 3 is 2.41 bits per heavy atom. The van der Waals surface area contributed by atoms with Gasteiger partial charge >= 0.3 is 0 Å². The van der Waals surface area contributed by atoms with Crippen LogP contribution in [0.2, 0.25) is 0 Å². The second kappa shape index (κ2) is 8.66. The van der Waals surface area contributed by atoms with Crippen LogP contribution in [0.15, 0.2) is 54.6 Å². The molecule has 1 atom stereocenters. The van der Waals surface area contributed by atoms with E-state index < -0.39 is 4.92 Å². The second-order valence-corrected chi connectivity index (χ2v) is 7.06. The van der Waals surface area contributed by atoms with Gasteiger partial charge in [0.25, 0.3) is 11.6 Å². The third-order valence-electron chi connectivity index (χ3n) is 4.74. The maximum atomic E-state index is 12.3. The molecule has 8 heteroatoms. The number of carbonyl (C=O) groups excluding carboxylic acids is 1. The average Bonchev–Trinajstić information content (AvgIpc) is 2.97. The number of amides is 1. The van der Waals surface area contributed by atoms with Gasteiger partial charge in [-0.25, -0.2) is 4.68 Å². The van der Waals surface area contributed by atoms with Crippen molar-refractivity contribution < 1.29 is 14.6 Å². The zero-order valence-corrected chi connectivity index (χ0v) is 16.7. The van der Waals surface area contributed by atoms with E-state index in [-0.39, 0.29) is 18.1 Å². The molecule has 0 saturated heterocycles. The van der Waals surface area contributed by atoms with Crippen LogP contribution in [0, 0.1) is 24.0 Å². The predicted octanol–water partition coefficient (Wildman–Crippen LogP) is 2.05. The van der Waals surface area contributed by atoms with Crippen LogP contribution < -0.4 is 10.2 Å². The second-order valence-electron chi connectivity index (χ2n) is 7.06. The van der Waals surface area contributed by atoms with E-state index in [9.17, 15) is 14.9 Å². The molecule has 8 nitrogen and oxygen atoms in total. The summed E-state index contributed by atoms with van der Waals surface area (Å²) in [6.45, 7) is 4.95. The van der Waals surface area contributed by atoms with Crippen LogP contribution in [0.4, 0.5) is 11.4 Å². The van der Waals surface area contributed by atoms with Gasteiger partial charge in [0.2, 0.25) is 0 Å². The van der Waals surface area contributed by atoms with Crippen LogP contribution in [0.25, 0.3) is 5.69 Å². The highest BCUT2D eigenvalue weighted by Crippen LogP contribution is 2.17. The largest absolute Gasteiger partial charge is 0.326 e. The summed E-state index contributed by atoms with van der Waals surface area (Å²) in [6.07, 6.45) is 0. The lowest BCUT2D eigenvalue weighted by molar-refractivity contribution is -0.885. The van der Waals surface area contributed by atoms with E-state index in [0.717, 1.165) is 27.5 Å². The monoisotopic (exact) mass is 394 g/mol. The number of likely N-dealkylation sites (N-methyl/N-ethyl adjacent to an activating group) is 1. The highest BCUT2D eigenvalue weighted by atomic mass is 16.6. The van der Waals surface area contributed by atoms with E-state index in [4.69, 9.17) is 0 Å². The van der Waals surface area contributed by atoms with Crippen molar-refractivity contribution in [2.45, 2.75) is 20.4 Å². The highest BCUT2D eigenvalue weighted by Gasteiger charge is 2.18. The molecule has 0 aliphatic heterocycles. The first-order chi connectivity index (χ1) is 13.8. The number of nitro groups is 1. The van der Waals surface area contributed by atoms with Crippen molar-refractivity contribution in [1.29, 1.82) is 0 Å². The van der Waals surface area contributed by atoms with Crippen molar-refractivity contribution in [2.24, 2.45) is 0 Å². The maximum Gasteiger partial charge on any atom is 0.279 e. The molecule has 2 N–H and O–H groups in total. The number of hydrogen-bond acceptors (Lipinski definition) is 4. The molecule has 0 aliphatic rings. The van der Waals surface area contributed by atoms with Crippen LogP contribution in [0.3, 0.4) is 0 Å². The summed E-state index contributed by atoms with van der Waals surface area (Å²) in [5.41, 5.74) is 4.66. The van der Waals surface area contributed by atoms with Gasteiger partial charge in [-0.1, -0.05) is 18.2 Å². The van der Waals surface area contributed by atoms with Crippen LogP contribution in [-0.2, 0) is 11.3 Å². The number of para-hydroxylation sites is 1. The van der Waals surface area contributed by atoms with E-state index in [1.165, 1.54) is 24.3 Å². The van der Waals surface area contributed by atoms with Gasteiger partial charge in [0.05, 0.1) is 34.6 Å². The van der Waals surface area contributed by atoms with Crippen LogP contribution in [0.5, 0.6) is 0 Å². The Labute approximate surface area is 168 Å². The van der Waals surface area contributed by atoms with Crippen molar-refractivity contribution in [1.82, 2.24) is 9.78 Å². The zero-order valence-electron chi connectivity index (χ0n) is 16.7. The number of hydrogen-bond donors (Lipinski definition) is 2. The molecule has 29 heavy (non-hydrogen) atoms. The molecule has 2 aromatic carbocycles. The first-order valence-electron chi connectivity index (χ1n) is 9.31. The van der Waals surface area contributed by atoms with Crippen LogP contribution >= 0.6 is 0 Å².